The lowest BCUT2D eigenvalue weighted by Crippen LogP contribution is -2.30. The Kier molecular flexibility index (Phi) is 32.8. The topological polar surface area (TPSA) is 78.9 Å². The zero-order valence-corrected chi connectivity index (χ0v) is 32.8. The van der Waals surface area contributed by atoms with E-state index in [2.05, 4.69) is 41.5 Å². The molecule has 0 unspecified atom stereocenters. The van der Waals surface area contributed by atoms with E-state index < -0.39 is 6.10 Å². The molecule has 0 amide bonds. The van der Waals surface area contributed by atoms with Crippen molar-refractivity contribution in [2.45, 2.75) is 221 Å². The normalized spacial score (nSPS) is 12.2. The van der Waals surface area contributed by atoms with Gasteiger partial charge in [-0.15, -0.1) is 0 Å². The third-order valence-electron chi connectivity index (χ3n) is 9.15. The van der Waals surface area contributed by atoms with Gasteiger partial charge < -0.3 is 14.2 Å². The molecular weight excluding hydrogens is 600 g/mol. The standard InChI is InChI=1S/C42H80O6/c1-36(2)28-22-16-10-7-8-12-19-25-31-40(43)46-34-39(48-42(45)33-27-21-15-14-18-24-30-38(5)6)35-47-41(44)32-26-20-13-9-11-17-23-29-37(3)4/h36-39H,7-35H2,1-6H3/t39-/m1/s1. The molecule has 0 aliphatic heterocycles. The lowest BCUT2D eigenvalue weighted by atomic mass is 10.0. The lowest BCUT2D eigenvalue weighted by molar-refractivity contribution is -0.167. The van der Waals surface area contributed by atoms with Crippen molar-refractivity contribution < 1.29 is 28.6 Å². The summed E-state index contributed by atoms with van der Waals surface area (Å²) in [6, 6.07) is 0. The Bertz CT molecular complexity index is 746. The van der Waals surface area contributed by atoms with Gasteiger partial charge in [0.05, 0.1) is 0 Å². The third-order valence-corrected chi connectivity index (χ3v) is 9.15. The first-order valence-corrected chi connectivity index (χ1v) is 20.6. The van der Waals surface area contributed by atoms with Crippen molar-refractivity contribution in [1.29, 1.82) is 0 Å². The summed E-state index contributed by atoms with van der Waals surface area (Å²) >= 11 is 0. The molecule has 0 aliphatic rings. The van der Waals surface area contributed by atoms with Gasteiger partial charge in [-0.2, -0.15) is 0 Å². The van der Waals surface area contributed by atoms with Gasteiger partial charge in [-0.3, -0.25) is 14.4 Å². The van der Waals surface area contributed by atoms with E-state index in [1.807, 2.05) is 0 Å². The van der Waals surface area contributed by atoms with Crippen molar-refractivity contribution in [3.8, 4) is 0 Å². The summed E-state index contributed by atoms with van der Waals surface area (Å²) in [5.74, 6) is 1.46. The first-order chi connectivity index (χ1) is 23.1. The van der Waals surface area contributed by atoms with Crippen LogP contribution in [0.4, 0.5) is 0 Å². The van der Waals surface area contributed by atoms with Crippen molar-refractivity contribution in [2.75, 3.05) is 13.2 Å². The lowest BCUT2D eigenvalue weighted by Gasteiger charge is -2.18. The van der Waals surface area contributed by atoms with Crippen LogP contribution in [0.25, 0.3) is 0 Å². The van der Waals surface area contributed by atoms with E-state index in [0.29, 0.717) is 19.3 Å². The zero-order chi connectivity index (χ0) is 35.7. The Morgan fingerprint density at radius 3 is 0.896 bits per heavy atom. The molecule has 0 spiro atoms. The van der Waals surface area contributed by atoms with Crippen molar-refractivity contribution in [1.82, 2.24) is 0 Å². The summed E-state index contributed by atoms with van der Waals surface area (Å²) < 4.78 is 16.6. The van der Waals surface area contributed by atoms with E-state index in [-0.39, 0.29) is 31.1 Å². The molecule has 0 saturated carbocycles. The van der Waals surface area contributed by atoms with Gasteiger partial charge in [-0.1, -0.05) is 176 Å². The van der Waals surface area contributed by atoms with Crippen LogP contribution in [-0.4, -0.2) is 37.2 Å². The summed E-state index contributed by atoms with van der Waals surface area (Å²) in [6.07, 6.45) is 28.3. The van der Waals surface area contributed by atoms with Crippen LogP contribution >= 0.6 is 0 Å². The fourth-order valence-electron chi connectivity index (χ4n) is 5.99. The Labute approximate surface area is 298 Å². The predicted molar refractivity (Wildman–Crippen MR) is 201 cm³/mol. The van der Waals surface area contributed by atoms with Crippen LogP contribution in [0, 0.1) is 17.8 Å². The number of hydrogen-bond acceptors (Lipinski definition) is 6. The maximum absolute atomic E-state index is 12.6. The van der Waals surface area contributed by atoms with Gasteiger partial charge >= 0.3 is 17.9 Å². The highest BCUT2D eigenvalue weighted by Crippen LogP contribution is 2.16. The molecule has 0 N–H and O–H groups in total. The van der Waals surface area contributed by atoms with E-state index in [0.717, 1.165) is 75.5 Å². The molecule has 0 aromatic heterocycles. The minimum Gasteiger partial charge on any atom is -0.462 e. The van der Waals surface area contributed by atoms with Crippen LogP contribution in [0.3, 0.4) is 0 Å². The second kappa shape index (κ2) is 33.9. The molecule has 0 rings (SSSR count). The molecule has 0 fully saturated rings. The molecule has 1 atom stereocenters. The van der Waals surface area contributed by atoms with Crippen LogP contribution in [0.2, 0.25) is 0 Å². The zero-order valence-electron chi connectivity index (χ0n) is 32.8. The van der Waals surface area contributed by atoms with E-state index in [9.17, 15) is 14.4 Å². The number of rotatable bonds is 35. The first-order valence-electron chi connectivity index (χ1n) is 20.6. The second-order valence-electron chi connectivity index (χ2n) is 15.7. The summed E-state index contributed by atoms with van der Waals surface area (Å²) in [7, 11) is 0. The summed E-state index contributed by atoms with van der Waals surface area (Å²) in [5, 5.41) is 0. The van der Waals surface area contributed by atoms with Crippen molar-refractivity contribution in [2.24, 2.45) is 17.8 Å². The molecule has 0 saturated heterocycles. The molecule has 0 bridgehead atoms. The Morgan fingerprint density at radius 2 is 0.604 bits per heavy atom. The maximum atomic E-state index is 12.6. The van der Waals surface area contributed by atoms with E-state index in [4.69, 9.17) is 14.2 Å². The number of hydrogen-bond donors (Lipinski definition) is 0. The average Bonchev–Trinajstić information content (AvgIpc) is 3.03. The number of ether oxygens (including phenoxy) is 3. The minimum absolute atomic E-state index is 0.0686. The van der Waals surface area contributed by atoms with Gasteiger partial charge in [-0.25, -0.2) is 0 Å². The van der Waals surface area contributed by atoms with Gasteiger partial charge in [-0.05, 0) is 37.0 Å². The van der Waals surface area contributed by atoms with Gasteiger partial charge in [0.2, 0.25) is 0 Å². The third kappa shape index (κ3) is 35.7. The molecule has 48 heavy (non-hydrogen) atoms. The highest BCUT2D eigenvalue weighted by molar-refractivity contribution is 5.71. The monoisotopic (exact) mass is 681 g/mol. The smallest absolute Gasteiger partial charge is 0.306 e. The van der Waals surface area contributed by atoms with E-state index in [1.165, 1.54) is 96.3 Å². The summed E-state index contributed by atoms with van der Waals surface area (Å²) in [4.78, 5) is 37.5. The highest BCUT2D eigenvalue weighted by Gasteiger charge is 2.19. The van der Waals surface area contributed by atoms with E-state index in [1.54, 1.807) is 0 Å². The molecule has 0 aromatic carbocycles. The van der Waals surface area contributed by atoms with Crippen LogP contribution in [0.15, 0.2) is 0 Å². The van der Waals surface area contributed by atoms with Gasteiger partial charge in [0.15, 0.2) is 6.10 Å². The van der Waals surface area contributed by atoms with Crippen molar-refractivity contribution in [3.63, 3.8) is 0 Å². The van der Waals surface area contributed by atoms with Gasteiger partial charge in [0, 0.05) is 19.3 Å². The summed E-state index contributed by atoms with van der Waals surface area (Å²) in [5.41, 5.74) is 0. The summed E-state index contributed by atoms with van der Waals surface area (Å²) in [6.45, 7) is 13.5. The quantitative estimate of drug-likeness (QED) is 0.0376. The first kappa shape index (κ1) is 46.4. The highest BCUT2D eigenvalue weighted by atomic mass is 16.6. The molecule has 6 heteroatoms. The SMILES string of the molecule is CC(C)CCCCCCCCCCC(=O)OC[C@H](COC(=O)CCCCCCCCCC(C)C)OC(=O)CCCCCCCCC(C)C. The Balaban J connectivity index is 4.36. The largest absolute Gasteiger partial charge is 0.462 e. The fraction of sp³-hybridized carbons (Fsp3) is 0.929. The van der Waals surface area contributed by atoms with Crippen molar-refractivity contribution in [3.05, 3.63) is 0 Å². The molecule has 6 nitrogen and oxygen atoms in total. The molecule has 0 aromatic rings. The predicted octanol–water partition coefficient (Wildman–Crippen LogP) is 12.5. The molecule has 0 aliphatic carbocycles. The Hall–Kier alpha value is -1.59. The minimum atomic E-state index is -0.761. The van der Waals surface area contributed by atoms with Crippen LogP contribution in [0.5, 0.6) is 0 Å². The van der Waals surface area contributed by atoms with E-state index >= 15 is 0 Å². The Morgan fingerprint density at radius 1 is 0.354 bits per heavy atom. The molecule has 284 valence electrons. The number of unbranched alkanes of at least 4 members (excludes halogenated alkanes) is 18. The molecule has 0 radical (unpaired) electrons. The number of carbonyl (C=O) groups is 3. The van der Waals surface area contributed by atoms with Crippen LogP contribution < -0.4 is 0 Å². The number of esters is 3. The second-order valence-corrected chi connectivity index (χ2v) is 15.7. The number of carbonyl (C=O) groups excluding carboxylic acids is 3. The van der Waals surface area contributed by atoms with Crippen LogP contribution in [0.1, 0.15) is 215 Å². The fourth-order valence-corrected chi connectivity index (χ4v) is 5.99. The van der Waals surface area contributed by atoms with Crippen molar-refractivity contribution >= 4 is 17.9 Å². The molecule has 0 heterocycles. The van der Waals surface area contributed by atoms with Gasteiger partial charge in [0.1, 0.15) is 13.2 Å². The van der Waals surface area contributed by atoms with Gasteiger partial charge in [0.25, 0.3) is 0 Å². The van der Waals surface area contributed by atoms with Crippen LogP contribution in [-0.2, 0) is 28.6 Å². The maximum Gasteiger partial charge on any atom is 0.306 e. The molecular formula is C42H80O6. The average molecular weight is 681 g/mol.